The van der Waals surface area contributed by atoms with Gasteiger partial charge in [0.25, 0.3) is 5.91 Å². The molecule has 0 aliphatic rings. The molecule has 0 aliphatic carbocycles. The van der Waals surface area contributed by atoms with Crippen LogP contribution in [0.25, 0.3) is 0 Å². The minimum absolute atomic E-state index is 0.508. The fraction of sp³-hybridized carbons (Fsp3) is 0.111. The highest BCUT2D eigenvalue weighted by Gasteiger charge is 2.11. The van der Waals surface area contributed by atoms with E-state index in [2.05, 4.69) is 5.32 Å². The number of hydrogen-bond donors (Lipinski definition) is 2. The van der Waals surface area contributed by atoms with Crippen molar-refractivity contribution in [3.05, 3.63) is 29.3 Å². The molecule has 0 fully saturated rings. The number of halogens is 1. The molecule has 0 aliphatic heterocycles. The first-order valence-electron chi connectivity index (χ1n) is 3.85. The Morgan fingerprint density at radius 1 is 1.64 bits per heavy atom. The second-order valence-corrected chi connectivity index (χ2v) is 3.04. The first-order valence-corrected chi connectivity index (χ1v) is 4.23. The van der Waals surface area contributed by atoms with Gasteiger partial charge in [0.05, 0.1) is 6.07 Å². The predicted octanol–water partition coefficient (Wildman–Crippen LogP) is 1.13. The summed E-state index contributed by atoms with van der Waals surface area (Å²) in [5, 5.41) is 11.3. The molecule has 0 unspecified atom stereocenters. The minimum Gasteiger partial charge on any atom is -0.324 e. The maximum Gasteiger partial charge on any atom is 0.255 e. The molecule has 72 valence electrons. The van der Waals surface area contributed by atoms with Gasteiger partial charge < -0.3 is 11.1 Å². The molecule has 0 aromatic heterocycles. The van der Waals surface area contributed by atoms with Gasteiger partial charge in [0.2, 0.25) is 0 Å². The highest BCUT2D eigenvalue weighted by Crippen LogP contribution is 2.14. The molecule has 0 radical (unpaired) electrons. The zero-order valence-corrected chi connectivity index (χ0v) is 7.95. The standard InChI is InChI=1S/C9H8ClN3O/c10-6-2-1-3-7(4-6)13-9(14)8(12)5-11/h1-4,8H,12H2,(H,13,14)/t8-/m0/s1. The molecule has 0 spiro atoms. The SMILES string of the molecule is N#C[C@H](N)C(=O)Nc1cccc(Cl)c1. The van der Waals surface area contributed by atoms with Gasteiger partial charge in [-0.2, -0.15) is 5.26 Å². The third-order valence-corrected chi connectivity index (χ3v) is 1.75. The van der Waals surface area contributed by atoms with E-state index in [1.165, 1.54) is 0 Å². The van der Waals surface area contributed by atoms with Crippen molar-refractivity contribution in [2.24, 2.45) is 5.73 Å². The number of amides is 1. The van der Waals surface area contributed by atoms with Gasteiger partial charge in [-0.1, -0.05) is 17.7 Å². The fourth-order valence-corrected chi connectivity index (χ4v) is 1.04. The molecular weight excluding hydrogens is 202 g/mol. The first kappa shape index (κ1) is 10.5. The molecule has 1 amide bonds. The van der Waals surface area contributed by atoms with Crippen LogP contribution in [0.3, 0.4) is 0 Å². The van der Waals surface area contributed by atoms with Gasteiger partial charge in [-0.15, -0.1) is 0 Å². The lowest BCUT2D eigenvalue weighted by atomic mass is 10.3. The maximum absolute atomic E-state index is 11.2. The molecule has 1 atom stereocenters. The van der Waals surface area contributed by atoms with Crippen molar-refractivity contribution in [2.45, 2.75) is 6.04 Å². The first-order chi connectivity index (χ1) is 6.63. The maximum atomic E-state index is 11.2. The lowest BCUT2D eigenvalue weighted by Crippen LogP contribution is -2.33. The van der Waals surface area contributed by atoms with Crippen LogP contribution in [0, 0.1) is 11.3 Å². The third kappa shape index (κ3) is 2.73. The number of nitrogens with two attached hydrogens (primary N) is 1. The van der Waals surface area contributed by atoms with E-state index in [-0.39, 0.29) is 0 Å². The Bertz CT molecular complexity index is 386. The van der Waals surface area contributed by atoms with Crippen molar-refractivity contribution in [2.75, 3.05) is 5.32 Å². The Hall–Kier alpha value is -1.57. The summed E-state index contributed by atoms with van der Waals surface area (Å²) in [7, 11) is 0. The Morgan fingerprint density at radius 2 is 2.36 bits per heavy atom. The van der Waals surface area contributed by atoms with Crippen LogP contribution in [-0.4, -0.2) is 11.9 Å². The smallest absolute Gasteiger partial charge is 0.255 e. The van der Waals surface area contributed by atoms with Gasteiger partial charge in [0.1, 0.15) is 0 Å². The number of nitriles is 1. The van der Waals surface area contributed by atoms with Gasteiger partial charge in [-0.05, 0) is 18.2 Å². The molecule has 3 N–H and O–H groups in total. The molecule has 14 heavy (non-hydrogen) atoms. The molecule has 0 saturated carbocycles. The fourth-order valence-electron chi connectivity index (χ4n) is 0.845. The van der Waals surface area contributed by atoms with E-state index in [4.69, 9.17) is 22.6 Å². The van der Waals surface area contributed by atoms with Crippen molar-refractivity contribution in [1.29, 1.82) is 5.26 Å². The summed E-state index contributed by atoms with van der Waals surface area (Å²) in [6.07, 6.45) is 0. The minimum atomic E-state index is -1.16. The van der Waals surface area contributed by atoms with Crippen molar-refractivity contribution in [3.8, 4) is 6.07 Å². The molecule has 1 rings (SSSR count). The molecule has 5 heteroatoms. The Kier molecular flexibility index (Phi) is 3.46. The molecule has 0 saturated heterocycles. The lowest BCUT2D eigenvalue weighted by molar-refractivity contribution is -0.116. The average Bonchev–Trinajstić information content (AvgIpc) is 2.16. The zero-order chi connectivity index (χ0) is 10.6. The molecular formula is C9H8ClN3O. The number of carbonyl (C=O) groups is 1. The molecule has 1 aromatic rings. The summed E-state index contributed by atoms with van der Waals surface area (Å²) in [4.78, 5) is 11.2. The number of anilines is 1. The van der Waals surface area contributed by atoms with Crippen molar-refractivity contribution >= 4 is 23.2 Å². The second-order valence-electron chi connectivity index (χ2n) is 2.61. The molecule has 4 nitrogen and oxygen atoms in total. The van der Waals surface area contributed by atoms with Crippen molar-refractivity contribution < 1.29 is 4.79 Å². The molecule has 1 aromatic carbocycles. The third-order valence-electron chi connectivity index (χ3n) is 1.51. The predicted molar refractivity (Wildman–Crippen MR) is 53.7 cm³/mol. The summed E-state index contributed by atoms with van der Waals surface area (Å²) in [5.41, 5.74) is 5.72. The van der Waals surface area contributed by atoms with E-state index in [0.717, 1.165) is 0 Å². The van der Waals surface area contributed by atoms with Crippen LogP contribution in [0.15, 0.2) is 24.3 Å². The topological polar surface area (TPSA) is 78.9 Å². The summed E-state index contributed by atoms with van der Waals surface area (Å²) >= 11 is 5.69. The lowest BCUT2D eigenvalue weighted by Gasteiger charge is -2.05. The Labute approximate surface area is 86.3 Å². The van der Waals surface area contributed by atoms with E-state index in [1.807, 2.05) is 0 Å². The highest BCUT2D eigenvalue weighted by atomic mass is 35.5. The van der Waals surface area contributed by atoms with Gasteiger partial charge in [-0.3, -0.25) is 4.79 Å². The summed E-state index contributed by atoms with van der Waals surface area (Å²) in [6.45, 7) is 0. The van der Waals surface area contributed by atoms with Crippen LogP contribution >= 0.6 is 11.6 Å². The van der Waals surface area contributed by atoms with Gasteiger partial charge in [0, 0.05) is 10.7 Å². The second kappa shape index (κ2) is 4.61. The molecule has 0 heterocycles. The largest absolute Gasteiger partial charge is 0.324 e. The van der Waals surface area contributed by atoms with E-state index in [1.54, 1.807) is 30.3 Å². The number of benzene rings is 1. The number of rotatable bonds is 2. The Balaban J connectivity index is 2.71. The number of nitrogens with zero attached hydrogens (tertiary/aromatic N) is 1. The van der Waals surface area contributed by atoms with Crippen LogP contribution in [0.4, 0.5) is 5.69 Å². The summed E-state index contributed by atoms with van der Waals surface area (Å²) in [6, 6.07) is 7.08. The van der Waals surface area contributed by atoms with Crippen LogP contribution in [0.1, 0.15) is 0 Å². The summed E-state index contributed by atoms with van der Waals surface area (Å²) in [5.74, 6) is -0.547. The van der Waals surface area contributed by atoms with Crippen LogP contribution in [0.2, 0.25) is 5.02 Å². The van der Waals surface area contributed by atoms with Crippen LogP contribution < -0.4 is 11.1 Å². The van der Waals surface area contributed by atoms with E-state index in [0.29, 0.717) is 10.7 Å². The highest BCUT2D eigenvalue weighted by molar-refractivity contribution is 6.30. The van der Waals surface area contributed by atoms with Crippen molar-refractivity contribution in [3.63, 3.8) is 0 Å². The average molecular weight is 210 g/mol. The number of hydrogen-bond acceptors (Lipinski definition) is 3. The van der Waals surface area contributed by atoms with Gasteiger partial charge in [0.15, 0.2) is 6.04 Å². The monoisotopic (exact) mass is 209 g/mol. The van der Waals surface area contributed by atoms with Gasteiger partial charge in [-0.25, -0.2) is 0 Å². The number of carbonyl (C=O) groups excluding carboxylic acids is 1. The van der Waals surface area contributed by atoms with E-state index >= 15 is 0 Å². The number of nitrogens with one attached hydrogen (secondary N) is 1. The zero-order valence-electron chi connectivity index (χ0n) is 7.20. The van der Waals surface area contributed by atoms with E-state index < -0.39 is 11.9 Å². The van der Waals surface area contributed by atoms with Crippen LogP contribution in [-0.2, 0) is 4.79 Å². The van der Waals surface area contributed by atoms with Gasteiger partial charge >= 0.3 is 0 Å². The molecule has 0 bridgehead atoms. The quantitative estimate of drug-likeness (QED) is 0.766. The van der Waals surface area contributed by atoms with Crippen LogP contribution in [0.5, 0.6) is 0 Å². The summed E-state index contributed by atoms with van der Waals surface area (Å²) < 4.78 is 0. The van der Waals surface area contributed by atoms with E-state index in [9.17, 15) is 4.79 Å². The Morgan fingerprint density at radius 3 is 2.93 bits per heavy atom. The normalized spacial score (nSPS) is 11.5. The van der Waals surface area contributed by atoms with Crippen molar-refractivity contribution in [1.82, 2.24) is 0 Å².